The number of nitrogens with zero attached hydrogens (tertiary/aromatic N) is 5. The Labute approximate surface area is 313 Å². The lowest BCUT2D eigenvalue weighted by atomic mass is 9.97. The molecule has 0 aliphatic carbocycles. The number of aliphatic carboxylic acids is 1. The maximum atomic E-state index is 14.0. The molecule has 0 saturated heterocycles. The third-order valence-electron chi connectivity index (χ3n) is 7.45. The number of pyridine rings is 1. The van der Waals surface area contributed by atoms with Crippen molar-refractivity contribution in [2.45, 2.75) is 38.8 Å². The molecule has 54 heavy (non-hydrogen) atoms. The molecule has 3 heterocycles. The van der Waals surface area contributed by atoms with Crippen LogP contribution in [0.3, 0.4) is 0 Å². The van der Waals surface area contributed by atoms with Crippen molar-refractivity contribution >= 4 is 47.1 Å². The minimum Gasteiger partial charge on any atom is -0.480 e. The fraction of sp³-hybridized carbons (Fsp3) is 0.216. The van der Waals surface area contributed by atoms with Gasteiger partial charge in [-0.2, -0.15) is 10.2 Å². The third-order valence-corrected chi connectivity index (χ3v) is 7.68. The molecule has 0 fully saturated rings. The van der Waals surface area contributed by atoms with Gasteiger partial charge in [-0.1, -0.05) is 23.7 Å². The number of amides is 3. The smallest absolute Gasteiger partial charge is 0.423 e. The molecule has 17 heteroatoms. The number of carboxylic acids is 1. The number of carbonyl (C=O) groups is 4. The van der Waals surface area contributed by atoms with E-state index in [0.717, 1.165) is 15.8 Å². The molecule has 3 aromatic heterocycles. The van der Waals surface area contributed by atoms with Crippen molar-refractivity contribution in [2.24, 2.45) is 5.73 Å². The molecule has 5 aromatic rings. The number of carbonyl (C=O) groups excluding carboxylic acids is 3. The molecule has 16 nitrogen and oxygen atoms in total. The normalized spacial score (nSPS) is 11.6. The van der Waals surface area contributed by atoms with Gasteiger partial charge in [-0.25, -0.2) is 19.6 Å². The van der Waals surface area contributed by atoms with E-state index in [4.69, 9.17) is 36.0 Å². The second-order valence-electron chi connectivity index (χ2n) is 12.6. The predicted molar refractivity (Wildman–Crippen MR) is 195 cm³/mol. The van der Waals surface area contributed by atoms with Crippen molar-refractivity contribution in [1.29, 1.82) is 5.26 Å². The second kappa shape index (κ2) is 16.4. The van der Waals surface area contributed by atoms with E-state index < -0.39 is 35.6 Å². The molecule has 0 saturated carbocycles. The number of nitriles is 1. The minimum atomic E-state index is -1.27. The Balaban J connectivity index is 1.66. The third kappa shape index (κ3) is 9.08. The van der Waals surface area contributed by atoms with Crippen LogP contribution < -0.4 is 20.7 Å². The summed E-state index contributed by atoms with van der Waals surface area (Å²) >= 11 is 6.28. The van der Waals surface area contributed by atoms with Crippen LogP contribution in [0, 0.1) is 11.3 Å². The first-order chi connectivity index (χ1) is 25.7. The van der Waals surface area contributed by atoms with Gasteiger partial charge < -0.3 is 34.8 Å². The van der Waals surface area contributed by atoms with Gasteiger partial charge >= 0.3 is 18.1 Å². The van der Waals surface area contributed by atoms with Gasteiger partial charge in [0.1, 0.15) is 35.4 Å². The number of benzene rings is 2. The Bertz CT molecular complexity index is 2240. The molecule has 0 spiro atoms. The Hall–Kier alpha value is -6.54. The van der Waals surface area contributed by atoms with Crippen LogP contribution in [0.4, 0.5) is 21.1 Å². The summed E-state index contributed by atoms with van der Waals surface area (Å²) in [6.07, 6.45) is 2.49. The number of imide groups is 1. The lowest BCUT2D eigenvalue weighted by molar-refractivity contribution is -0.138. The molecule has 278 valence electrons. The molecule has 2 aromatic carbocycles. The first kappa shape index (κ1) is 38.7. The summed E-state index contributed by atoms with van der Waals surface area (Å²) in [5.41, 5.74) is 6.05. The minimum absolute atomic E-state index is 0.0308. The molecule has 5 rings (SSSR count). The van der Waals surface area contributed by atoms with Gasteiger partial charge in [0.2, 0.25) is 0 Å². The fourth-order valence-electron chi connectivity index (χ4n) is 5.06. The first-order valence-electron chi connectivity index (χ1n) is 16.1. The summed E-state index contributed by atoms with van der Waals surface area (Å²) in [7, 11) is 1.45. The van der Waals surface area contributed by atoms with Gasteiger partial charge in [0, 0.05) is 35.9 Å². The zero-order chi connectivity index (χ0) is 39.2. The lowest BCUT2D eigenvalue weighted by Gasteiger charge is -2.26. The molecule has 4 N–H and O–H groups in total. The average Bonchev–Trinajstić information content (AvgIpc) is 3.83. The second-order valence-corrected chi connectivity index (χ2v) is 13.0. The Morgan fingerprint density at radius 3 is 2.56 bits per heavy atom. The Kier molecular flexibility index (Phi) is 11.8. The maximum absolute atomic E-state index is 14.0. The highest BCUT2D eigenvalue weighted by Crippen LogP contribution is 2.38. The highest BCUT2D eigenvalue weighted by molar-refractivity contribution is 6.30. The molecule has 3 amide bonds. The highest BCUT2D eigenvalue weighted by atomic mass is 35.5. The van der Waals surface area contributed by atoms with Gasteiger partial charge in [-0.3, -0.25) is 14.2 Å². The van der Waals surface area contributed by atoms with Gasteiger partial charge in [0.15, 0.2) is 18.4 Å². The molecule has 0 aliphatic heterocycles. The van der Waals surface area contributed by atoms with Crippen LogP contribution in [-0.4, -0.2) is 69.2 Å². The molecular formula is C37H34ClN7O9. The van der Waals surface area contributed by atoms with Gasteiger partial charge in [-0.05, 0) is 74.9 Å². The van der Waals surface area contributed by atoms with E-state index in [1.807, 2.05) is 0 Å². The monoisotopic (exact) mass is 755 g/mol. The topological polar surface area (TPSA) is 225 Å². The number of hydrogen-bond donors (Lipinski definition) is 3. The largest absolute Gasteiger partial charge is 0.480 e. The van der Waals surface area contributed by atoms with Gasteiger partial charge in [-0.15, -0.1) is 0 Å². The van der Waals surface area contributed by atoms with Crippen LogP contribution in [0.15, 0.2) is 83.9 Å². The number of nitrogens with one attached hydrogen (secondary N) is 1. The fourth-order valence-corrected chi connectivity index (χ4v) is 5.22. The van der Waals surface area contributed by atoms with E-state index in [-0.39, 0.29) is 58.7 Å². The number of halogens is 1. The molecule has 1 atom stereocenters. The van der Waals surface area contributed by atoms with E-state index in [0.29, 0.717) is 16.1 Å². The Morgan fingerprint density at radius 1 is 1.11 bits per heavy atom. The molecule has 0 unspecified atom stereocenters. The predicted octanol–water partition coefficient (Wildman–Crippen LogP) is 6.33. The van der Waals surface area contributed by atoms with Crippen LogP contribution in [0.1, 0.15) is 42.6 Å². The summed E-state index contributed by atoms with van der Waals surface area (Å²) < 4.78 is 22.7. The number of carboxylic acid groups (broad SMARTS) is 1. The zero-order valence-electron chi connectivity index (χ0n) is 29.4. The van der Waals surface area contributed by atoms with Crippen LogP contribution in [0.2, 0.25) is 5.02 Å². The summed E-state index contributed by atoms with van der Waals surface area (Å²) in [6, 6.07) is 15.4. The summed E-state index contributed by atoms with van der Waals surface area (Å²) in [5, 5.41) is 22.7. The highest BCUT2D eigenvalue weighted by Gasteiger charge is 2.31. The molecular weight excluding hydrogens is 722 g/mol. The number of methoxy groups -OCH3 is 1. The molecule has 0 aliphatic rings. The summed E-state index contributed by atoms with van der Waals surface area (Å²) in [5.74, 6) is -1.81. The SMILES string of the molecule is COCOc1cc(Cl)ccc1-c1cc(-c2cccc(N(C(=O)OC(C)(C)C)C(=O)n3cnc(C[C@H](N)C(=O)O)c3)c2)c(C#N)c(NC(=O)c2ccco2)n1. The number of aromatic nitrogens is 3. The Morgan fingerprint density at radius 2 is 1.89 bits per heavy atom. The standard InChI is InChI=1S/C37H34ClN7O9/c1-37(2,3)54-36(50)45(35(49)44-18-23(41-19-44)15-28(40)34(47)48)24-8-5-7-21(13-24)26-16-29(25-11-10-22(38)14-31(25)53-20-51-4)42-32(27(26)17-39)43-33(46)30-9-6-12-52-30/h5-14,16,18-19,28H,15,20,40H2,1-4H3,(H,47,48)(H,42,43,46)/t28-/m0/s1. The number of rotatable bonds is 11. The number of nitrogens with two attached hydrogens (primary N) is 1. The van der Waals surface area contributed by atoms with Crippen molar-refractivity contribution in [3.63, 3.8) is 0 Å². The van der Waals surface area contributed by atoms with E-state index in [9.17, 15) is 29.5 Å². The van der Waals surface area contributed by atoms with Gasteiger partial charge in [0.05, 0.1) is 23.3 Å². The number of ether oxygens (including phenoxy) is 3. The van der Waals surface area contributed by atoms with Crippen molar-refractivity contribution in [1.82, 2.24) is 14.5 Å². The number of anilines is 2. The van der Waals surface area contributed by atoms with Crippen LogP contribution in [-0.2, 0) is 20.7 Å². The van der Waals surface area contributed by atoms with E-state index >= 15 is 0 Å². The van der Waals surface area contributed by atoms with Crippen molar-refractivity contribution < 1.29 is 42.9 Å². The number of hydrogen-bond acceptors (Lipinski definition) is 12. The zero-order valence-corrected chi connectivity index (χ0v) is 30.2. The maximum Gasteiger partial charge on any atom is 0.423 e. The van der Waals surface area contributed by atoms with E-state index in [1.54, 1.807) is 57.2 Å². The van der Waals surface area contributed by atoms with E-state index in [1.165, 1.54) is 43.8 Å². The van der Waals surface area contributed by atoms with E-state index in [2.05, 4.69) is 21.4 Å². The van der Waals surface area contributed by atoms with Crippen molar-refractivity contribution in [3.8, 4) is 34.2 Å². The summed E-state index contributed by atoms with van der Waals surface area (Å²) in [4.78, 5) is 61.6. The number of imidazole rings is 1. The van der Waals surface area contributed by atoms with Crippen molar-refractivity contribution in [3.05, 3.63) is 101 Å². The average molecular weight is 756 g/mol. The van der Waals surface area contributed by atoms with Crippen molar-refractivity contribution in [2.75, 3.05) is 24.1 Å². The van der Waals surface area contributed by atoms with Crippen LogP contribution in [0.5, 0.6) is 5.75 Å². The molecule has 0 radical (unpaired) electrons. The van der Waals surface area contributed by atoms with Crippen LogP contribution in [0.25, 0.3) is 22.4 Å². The van der Waals surface area contributed by atoms with Gasteiger partial charge in [0.25, 0.3) is 5.91 Å². The first-order valence-corrected chi connectivity index (χ1v) is 16.5. The lowest BCUT2D eigenvalue weighted by Crippen LogP contribution is -2.43. The quantitative estimate of drug-likeness (QED) is 0.125. The number of furan rings is 1. The molecule has 0 bridgehead atoms. The van der Waals surface area contributed by atoms with Crippen LogP contribution >= 0.6 is 11.6 Å². The summed E-state index contributed by atoms with van der Waals surface area (Å²) in [6.45, 7) is 4.76.